The Morgan fingerprint density at radius 3 is 2.03 bits per heavy atom. The molecule has 0 unspecified atom stereocenters. The maximum absolute atomic E-state index is 12.3. The molecule has 3 rings (SSSR count). The lowest BCUT2D eigenvalue weighted by Gasteiger charge is -2.14. The fraction of sp³-hybridized carbons (Fsp3) is 0.125. The van der Waals surface area contributed by atoms with Crippen LogP contribution in [-0.4, -0.2) is 30.4 Å². The zero-order valence-electron chi connectivity index (χ0n) is 16.9. The first-order chi connectivity index (χ1) is 15.0. The van der Waals surface area contributed by atoms with E-state index >= 15 is 0 Å². The van der Waals surface area contributed by atoms with E-state index in [-0.39, 0.29) is 6.54 Å². The largest absolute Gasteiger partial charge is 0.457 e. The van der Waals surface area contributed by atoms with E-state index < -0.39 is 23.9 Å². The Bertz CT molecular complexity index is 1020. The van der Waals surface area contributed by atoms with E-state index in [4.69, 9.17) is 9.47 Å². The normalized spacial score (nSPS) is 11.1. The van der Waals surface area contributed by atoms with Crippen LogP contribution >= 0.6 is 0 Å². The summed E-state index contributed by atoms with van der Waals surface area (Å²) < 4.78 is 10.8. The summed E-state index contributed by atoms with van der Waals surface area (Å²) in [5.41, 5.74) is 0.964. The third-order valence-corrected chi connectivity index (χ3v) is 4.21. The van der Waals surface area contributed by atoms with Crippen molar-refractivity contribution in [3.05, 3.63) is 90.5 Å². The summed E-state index contributed by atoms with van der Waals surface area (Å²) in [4.78, 5) is 36.2. The van der Waals surface area contributed by atoms with E-state index in [0.717, 1.165) is 0 Å². The molecule has 0 fully saturated rings. The van der Waals surface area contributed by atoms with Crippen molar-refractivity contribution in [2.45, 2.75) is 13.0 Å². The predicted octanol–water partition coefficient (Wildman–Crippen LogP) is 3.78. The molecule has 0 aliphatic rings. The summed E-state index contributed by atoms with van der Waals surface area (Å²) >= 11 is 0. The average molecular weight is 418 g/mol. The van der Waals surface area contributed by atoms with Crippen molar-refractivity contribution < 1.29 is 23.9 Å². The topological polar surface area (TPSA) is 93.7 Å². The van der Waals surface area contributed by atoms with E-state index in [1.54, 1.807) is 54.6 Å². The molecule has 7 heteroatoms. The van der Waals surface area contributed by atoms with Crippen LogP contribution in [-0.2, 0) is 14.3 Å². The lowest BCUT2D eigenvalue weighted by molar-refractivity contribution is -0.152. The van der Waals surface area contributed by atoms with Crippen LogP contribution in [0.2, 0.25) is 0 Å². The molecule has 0 bridgehead atoms. The van der Waals surface area contributed by atoms with Gasteiger partial charge in [0.15, 0.2) is 6.10 Å². The maximum Gasteiger partial charge on any atom is 0.326 e. The highest BCUT2D eigenvalue weighted by Crippen LogP contribution is 2.22. The number of rotatable bonds is 8. The quantitative estimate of drug-likeness (QED) is 0.543. The van der Waals surface area contributed by atoms with Crippen molar-refractivity contribution in [2.75, 3.05) is 11.9 Å². The molecule has 0 aliphatic heterocycles. The molecule has 0 radical (unpaired) electrons. The lowest BCUT2D eigenvalue weighted by Crippen LogP contribution is -2.35. The number of carbonyl (C=O) groups excluding carboxylic acids is 3. The molecule has 1 atom stereocenters. The zero-order valence-corrected chi connectivity index (χ0v) is 16.9. The van der Waals surface area contributed by atoms with Crippen molar-refractivity contribution in [1.29, 1.82) is 0 Å². The second-order valence-corrected chi connectivity index (χ2v) is 6.61. The van der Waals surface area contributed by atoms with Gasteiger partial charge in [0.05, 0.1) is 0 Å². The molecule has 0 aromatic heterocycles. The van der Waals surface area contributed by atoms with Gasteiger partial charge in [-0.3, -0.25) is 14.4 Å². The van der Waals surface area contributed by atoms with E-state index in [9.17, 15) is 14.4 Å². The van der Waals surface area contributed by atoms with Gasteiger partial charge in [0.25, 0.3) is 11.8 Å². The smallest absolute Gasteiger partial charge is 0.326 e. The molecule has 2 N–H and O–H groups in total. The Morgan fingerprint density at radius 1 is 0.806 bits per heavy atom. The maximum atomic E-state index is 12.3. The molecule has 31 heavy (non-hydrogen) atoms. The Morgan fingerprint density at radius 2 is 1.39 bits per heavy atom. The minimum Gasteiger partial charge on any atom is -0.457 e. The average Bonchev–Trinajstić information content (AvgIpc) is 2.80. The summed E-state index contributed by atoms with van der Waals surface area (Å²) in [5, 5.41) is 5.13. The summed E-state index contributed by atoms with van der Waals surface area (Å²) in [6.07, 6.45) is -1.03. The van der Waals surface area contributed by atoms with Gasteiger partial charge in [0.1, 0.15) is 18.0 Å². The van der Waals surface area contributed by atoms with E-state index in [0.29, 0.717) is 22.7 Å². The van der Waals surface area contributed by atoms with Gasteiger partial charge in [0, 0.05) is 11.3 Å². The van der Waals surface area contributed by atoms with Crippen LogP contribution in [0.1, 0.15) is 17.3 Å². The summed E-state index contributed by atoms with van der Waals surface area (Å²) in [6.45, 7) is 1.12. The molecule has 0 saturated carbocycles. The van der Waals surface area contributed by atoms with Crippen LogP contribution in [0.15, 0.2) is 84.9 Å². The third-order valence-electron chi connectivity index (χ3n) is 4.21. The number of ether oxygens (including phenoxy) is 2. The fourth-order valence-corrected chi connectivity index (χ4v) is 2.61. The summed E-state index contributed by atoms with van der Waals surface area (Å²) in [7, 11) is 0. The third kappa shape index (κ3) is 6.71. The first-order valence-corrected chi connectivity index (χ1v) is 9.68. The van der Waals surface area contributed by atoms with Gasteiger partial charge in [-0.15, -0.1) is 0 Å². The number of hydrogen-bond donors (Lipinski definition) is 2. The Kier molecular flexibility index (Phi) is 7.37. The highest BCUT2D eigenvalue weighted by Gasteiger charge is 2.18. The van der Waals surface area contributed by atoms with Gasteiger partial charge in [-0.2, -0.15) is 0 Å². The molecule has 0 spiro atoms. The molecule has 3 aromatic rings. The van der Waals surface area contributed by atoms with Gasteiger partial charge in [-0.1, -0.05) is 36.4 Å². The van der Waals surface area contributed by atoms with Crippen LogP contribution in [0.25, 0.3) is 0 Å². The number of amides is 2. The van der Waals surface area contributed by atoms with Crippen LogP contribution in [0.4, 0.5) is 5.69 Å². The molecule has 158 valence electrons. The Labute approximate surface area is 180 Å². The second-order valence-electron chi connectivity index (χ2n) is 6.61. The van der Waals surface area contributed by atoms with Crippen LogP contribution in [0.5, 0.6) is 11.5 Å². The van der Waals surface area contributed by atoms with Gasteiger partial charge in [0.2, 0.25) is 0 Å². The number of nitrogens with one attached hydrogen (secondary N) is 2. The molecule has 0 heterocycles. The molecule has 2 amide bonds. The van der Waals surface area contributed by atoms with E-state index in [1.807, 2.05) is 30.3 Å². The van der Waals surface area contributed by atoms with Gasteiger partial charge < -0.3 is 20.1 Å². The molecule has 3 aromatic carbocycles. The van der Waals surface area contributed by atoms with Crippen LogP contribution < -0.4 is 15.4 Å². The van der Waals surface area contributed by atoms with Gasteiger partial charge >= 0.3 is 5.97 Å². The van der Waals surface area contributed by atoms with E-state index in [1.165, 1.54) is 6.92 Å². The molecule has 0 saturated heterocycles. The fourth-order valence-electron chi connectivity index (χ4n) is 2.61. The minimum absolute atomic E-state index is 0.336. The predicted molar refractivity (Wildman–Crippen MR) is 116 cm³/mol. The zero-order chi connectivity index (χ0) is 22.1. The number of carbonyl (C=O) groups is 3. The molecule has 0 aliphatic carbocycles. The van der Waals surface area contributed by atoms with Crippen LogP contribution in [0.3, 0.4) is 0 Å². The van der Waals surface area contributed by atoms with Crippen molar-refractivity contribution >= 4 is 23.5 Å². The van der Waals surface area contributed by atoms with Gasteiger partial charge in [-0.05, 0) is 55.5 Å². The summed E-state index contributed by atoms with van der Waals surface area (Å²) in [5.74, 6) is -0.262. The second kappa shape index (κ2) is 10.6. The first kappa shape index (κ1) is 21.6. The number of esters is 1. The summed E-state index contributed by atoms with van der Waals surface area (Å²) in [6, 6.07) is 24.6. The van der Waals surface area contributed by atoms with E-state index in [2.05, 4.69) is 10.6 Å². The molecular formula is C24H22N2O5. The highest BCUT2D eigenvalue weighted by atomic mass is 16.5. The number of anilines is 1. The lowest BCUT2D eigenvalue weighted by atomic mass is 10.2. The molecular weight excluding hydrogens is 396 g/mol. The van der Waals surface area contributed by atoms with Crippen LogP contribution in [0, 0.1) is 0 Å². The highest BCUT2D eigenvalue weighted by molar-refractivity contribution is 5.97. The van der Waals surface area contributed by atoms with Crippen molar-refractivity contribution in [2.24, 2.45) is 0 Å². The number of benzene rings is 3. The Balaban J connectivity index is 1.44. The Hall–Kier alpha value is -4.13. The van der Waals surface area contributed by atoms with Crippen molar-refractivity contribution in [3.63, 3.8) is 0 Å². The monoisotopic (exact) mass is 418 g/mol. The minimum atomic E-state index is -1.03. The SMILES string of the molecule is C[C@H](OC(=O)CNC(=O)c1ccccc1)C(=O)Nc1ccc(Oc2ccccc2)cc1. The van der Waals surface area contributed by atoms with Crippen molar-refractivity contribution in [3.8, 4) is 11.5 Å². The van der Waals surface area contributed by atoms with Crippen molar-refractivity contribution in [1.82, 2.24) is 5.32 Å². The molecule has 7 nitrogen and oxygen atoms in total. The number of hydrogen-bond acceptors (Lipinski definition) is 5. The standard InChI is InChI=1S/C24H22N2O5/c1-17(30-22(27)16-25-24(29)18-8-4-2-5-9-18)23(28)26-19-12-14-21(15-13-19)31-20-10-6-3-7-11-20/h2-15,17H,16H2,1H3,(H,25,29)(H,26,28)/t17-/m0/s1. The number of para-hydroxylation sites is 1. The first-order valence-electron chi connectivity index (χ1n) is 9.68. The van der Waals surface area contributed by atoms with Gasteiger partial charge in [-0.25, -0.2) is 0 Å².